The molecular weight excluding hydrogens is 188 g/mol. The summed E-state index contributed by atoms with van der Waals surface area (Å²) in [5, 5.41) is 2.76. The van der Waals surface area contributed by atoms with Crippen molar-refractivity contribution in [1.29, 1.82) is 0 Å². The van der Waals surface area contributed by atoms with Gasteiger partial charge in [0.05, 0.1) is 0 Å². The van der Waals surface area contributed by atoms with Crippen molar-refractivity contribution in [3.05, 3.63) is 40.8 Å². The Balaban J connectivity index is 1.91. The van der Waals surface area contributed by atoms with Crippen LogP contribution in [0.1, 0.15) is 37.2 Å². The number of nitrogens with one attached hydrogen (secondary N) is 1. The van der Waals surface area contributed by atoms with Crippen molar-refractivity contribution >= 4 is 0 Å². The lowest BCUT2D eigenvalue weighted by Gasteiger charge is -2.27. The van der Waals surface area contributed by atoms with Gasteiger partial charge in [0.1, 0.15) is 0 Å². The molecular formula is C12H16N2O. The second-order valence-corrected chi connectivity index (χ2v) is 4.18. The van der Waals surface area contributed by atoms with E-state index in [0.29, 0.717) is 12.0 Å². The Morgan fingerprint density at radius 2 is 1.73 bits per heavy atom. The zero-order valence-electron chi connectivity index (χ0n) is 8.73. The predicted molar refractivity (Wildman–Crippen MR) is 60.4 cm³/mol. The van der Waals surface area contributed by atoms with Crippen molar-refractivity contribution in [3.63, 3.8) is 0 Å². The first-order valence-electron chi connectivity index (χ1n) is 5.53. The van der Waals surface area contributed by atoms with Crippen LogP contribution in [0.2, 0.25) is 0 Å². The van der Waals surface area contributed by atoms with E-state index in [9.17, 15) is 4.91 Å². The van der Waals surface area contributed by atoms with Crippen molar-refractivity contribution in [2.45, 2.75) is 37.6 Å². The van der Waals surface area contributed by atoms with Crippen LogP contribution in [0.5, 0.6) is 0 Å². The molecule has 80 valence electrons. The molecule has 1 aromatic rings. The van der Waals surface area contributed by atoms with Crippen LogP contribution in [-0.2, 0) is 0 Å². The summed E-state index contributed by atoms with van der Waals surface area (Å²) in [5.41, 5.74) is 4.05. The molecule has 1 saturated carbocycles. The van der Waals surface area contributed by atoms with Crippen molar-refractivity contribution in [2.24, 2.45) is 5.29 Å². The van der Waals surface area contributed by atoms with Gasteiger partial charge in [0.2, 0.25) is 0 Å². The first-order chi connectivity index (χ1) is 7.40. The Labute approximate surface area is 89.8 Å². The van der Waals surface area contributed by atoms with Crippen LogP contribution < -0.4 is 5.43 Å². The third kappa shape index (κ3) is 2.55. The zero-order valence-corrected chi connectivity index (χ0v) is 8.73. The molecule has 0 heterocycles. The summed E-state index contributed by atoms with van der Waals surface area (Å²) in [6.07, 6.45) is 4.39. The molecule has 1 aliphatic rings. The molecule has 2 rings (SSSR count). The summed E-state index contributed by atoms with van der Waals surface area (Å²) in [4.78, 5) is 10.1. The van der Waals surface area contributed by atoms with Gasteiger partial charge in [-0.3, -0.25) is 5.43 Å². The summed E-state index contributed by atoms with van der Waals surface area (Å²) < 4.78 is 0. The smallest absolute Gasteiger partial charge is 0.0499 e. The Morgan fingerprint density at radius 1 is 1.07 bits per heavy atom. The molecule has 0 spiro atoms. The van der Waals surface area contributed by atoms with Crippen LogP contribution in [0.4, 0.5) is 0 Å². The standard InChI is InChI=1S/C12H16N2O/c15-14-13-12-8-6-11(7-9-12)10-4-2-1-3-5-10/h1-5,11-12H,6-9H2,(H,13,15). The van der Waals surface area contributed by atoms with Gasteiger partial charge in [-0.1, -0.05) is 30.3 Å². The van der Waals surface area contributed by atoms with Crippen LogP contribution in [-0.4, -0.2) is 6.04 Å². The van der Waals surface area contributed by atoms with Crippen LogP contribution in [0.25, 0.3) is 0 Å². The third-order valence-corrected chi connectivity index (χ3v) is 3.23. The molecule has 3 heteroatoms. The van der Waals surface area contributed by atoms with E-state index in [1.807, 2.05) is 6.07 Å². The molecule has 0 aromatic heterocycles. The molecule has 1 N–H and O–H groups in total. The predicted octanol–water partition coefficient (Wildman–Crippen LogP) is 2.98. The maximum Gasteiger partial charge on any atom is 0.0499 e. The Kier molecular flexibility index (Phi) is 3.33. The summed E-state index contributed by atoms with van der Waals surface area (Å²) in [7, 11) is 0. The molecule has 0 radical (unpaired) electrons. The summed E-state index contributed by atoms with van der Waals surface area (Å²) >= 11 is 0. The molecule has 1 fully saturated rings. The van der Waals surface area contributed by atoms with Gasteiger partial charge in [0, 0.05) is 11.3 Å². The fraction of sp³-hybridized carbons (Fsp3) is 0.500. The molecule has 3 nitrogen and oxygen atoms in total. The van der Waals surface area contributed by atoms with Crippen molar-refractivity contribution in [1.82, 2.24) is 5.43 Å². The second kappa shape index (κ2) is 4.91. The van der Waals surface area contributed by atoms with Crippen LogP contribution in [0.15, 0.2) is 35.6 Å². The van der Waals surface area contributed by atoms with Crippen molar-refractivity contribution < 1.29 is 0 Å². The molecule has 0 saturated heterocycles. The average molecular weight is 204 g/mol. The Hall–Kier alpha value is -1.38. The van der Waals surface area contributed by atoms with Gasteiger partial charge in [-0.15, -0.1) is 4.91 Å². The highest BCUT2D eigenvalue weighted by Gasteiger charge is 2.21. The average Bonchev–Trinajstić information content (AvgIpc) is 2.32. The number of nitrogens with zero attached hydrogens (tertiary/aromatic N) is 1. The van der Waals surface area contributed by atoms with E-state index in [4.69, 9.17) is 0 Å². The Morgan fingerprint density at radius 3 is 2.33 bits per heavy atom. The van der Waals surface area contributed by atoms with Gasteiger partial charge in [0.25, 0.3) is 0 Å². The fourth-order valence-electron chi connectivity index (χ4n) is 2.36. The Bertz CT molecular complexity index is 305. The first kappa shape index (κ1) is 10.1. The number of nitroso groups, excluding NO2 is 1. The molecule has 1 aliphatic carbocycles. The van der Waals surface area contributed by atoms with Gasteiger partial charge in [-0.05, 0) is 37.2 Å². The molecule has 0 atom stereocenters. The topological polar surface area (TPSA) is 41.5 Å². The highest BCUT2D eigenvalue weighted by atomic mass is 16.3. The summed E-state index contributed by atoms with van der Waals surface area (Å²) in [6, 6.07) is 10.9. The number of rotatable bonds is 3. The summed E-state index contributed by atoms with van der Waals surface area (Å²) in [6.45, 7) is 0. The quantitative estimate of drug-likeness (QED) is 0.607. The maximum absolute atomic E-state index is 10.1. The van der Waals surface area contributed by atoms with E-state index in [-0.39, 0.29) is 0 Å². The zero-order chi connectivity index (χ0) is 10.5. The van der Waals surface area contributed by atoms with E-state index >= 15 is 0 Å². The summed E-state index contributed by atoms with van der Waals surface area (Å²) in [5.74, 6) is 0.663. The lowest BCUT2D eigenvalue weighted by atomic mass is 9.82. The van der Waals surface area contributed by atoms with Gasteiger partial charge in [-0.2, -0.15) is 0 Å². The van der Waals surface area contributed by atoms with Crippen LogP contribution >= 0.6 is 0 Å². The molecule has 15 heavy (non-hydrogen) atoms. The maximum atomic E-state index is 10.1. The minimum absolute atomic E-state index is 0.294. The third-order valence-electron chi connectivity index (χ3n) is 3.23. The van der Waals surface area contributed by atoms with E-state index in [2.05, 4.69) is 35.0 Å². The van der Waals surface area contributed by atoms with Crippen molar-refractivity contribution in [3.8, 4) is 0 Å². The SMILES string of the molecule is O=NNC1CCC(c2ccccc2)CC1. The highest BCUT2D eigenvalue weighted by molar-refractivity contribution is 5.19. The molecule has 1 aromatic carbocycles. The van der Waals surface area contributed by atoms with Crippen molar-refractivity contribution in [2.75, 3.05) is 0 Å². The highest BCUT2D eigenvalue weighted by Crippen LogP contribution is 2.32. The van der Waals surface area contributed by atoms with Crippen LogP contribution in [0, 0.1) is 4.91 Å². The van der Waals surface area contributed by atoms with Gasteiger partial charge in [0.15, 0.2) is 0 Å². The van der Waals surface area contributed by atoms with E-state index in [1.165, 1.54) is 5.56 Å². The molecule has 0 bridgehead atoms. The monoisotopic (exact) mass is 204 g/mol. The fourth-order valence-corrected chi connectivity index (χ4v) is 2.36. The van der Waals surface area contributed by atoms with Gasteiger partial charge < -0.3 is 0 Å². The number of benzene rings is 1. The largest absolute Gasteiger partial charge is 0.271 e. The van der Waals surface area contributed by atoms with Gasteiger partial charge in [-0.25, -0.2) is 0 Å². The molecule has 0 aliphatic heterocycles. The van der Waals surface area contributed by atoms with Crippen LogP contribution in [0.3, 0.4) is 0 Å². The van der Waals surface area contributed by atoms with E-state index < -0.39 is 0 Å². The lowest BCUT2D eigenvalue weighted by molar-refractivity contribution is 0.347. The van der Waals surface area contributed by atoms with Gasteiger partial charge >= 0.3 is 0 Å². The minimum atomic E-state index is 0.294. The normalized spacial score (nSPS) is 25.9. The lowest BCUT2D eigenvalue weighted by Crippen LogP contribution is -2.28. The molecule has 0 amide bonds. The molecule has 0 unspecified atom stereocenters. The number of hydrogen-bond donors (Lipinski definition) is 1. The minimum Gasteiger partial charge on any atom is -0.271 e. The van der Waals surface area contributed by atoms with E-state index in [1.54, 1.807) is 0 Å². The number of hydrogen-bond acceptors (Lipinski definition) is 2. The second-order valence-electron chi connectivity index (χ2n) is 4.18. The van der Waals surface area contributed by atoms with E-state index in [0.717, 1.165) is 25.7 Å². The first-order valence-corrected chi connectivity index (χ1v) is 5.53.